The minimum absolute atomic E-state index is 0.0675. The second kappa shape index (κ2) is 12.2. The molecule has 3 unspecified atom stereocenters. The molecule has 2 aromatic heterocycles. The lowest BCUT2D eigenvalue weighted by Crippen LogP contribution is -2.28. The second-order valence-electron chi connectivity index (χ2n) is 16.2. The molecule has 58 heavy (non-hydrogen) atoms. The van der Waals surface area contributed by atoms with Gasteiger partial charge in [-0.3, -0.25) is 0 Å². The Balaban J connectivity index is 0.847. The van der Waals surface area contributed by atoms with Crippen LogP contribution >= 0.6 is 0 Å². The zero-order chi connectivity index (χ0) is 37.9. The maximum atomic E-state index is 6.63. The average molecular weight is 747 g/mol. The molecule has 0 saturated carbocycles. The van der Waals surface area contributed by atoms with Gasteiger partial charge in [0.2, 0.25) is 0 Å². The van der Waals surface area contributed by atoms with Crippen LogP contribution in [0.15, 0.2) is 197 Å². The van der Waals surface area contributed by atoms with Crippen molar-refractivity contribution in [1.82, 2.24) is 4.57 Å². The highest BCUT2D eigenvalue weighted by molar-refractivity contribution is 6.10. The molecule has 0 bridgehead atoms. The standard InChI is InChI=1S/C54H38N2O2/c1-5-16-47-39(12-1)40-13-2-6-17-48(40)55(47)37-22-26-53-45(31-37)43-29-35(20-24-51(43)57-53)33-10-9-11-34(28-33)36-21-25-52-44(30-36)46-32-38(23-27-54(46)58-52)56-49-18-7-3-14-41(49)42-15-4-8-19-50(42)56/h1-22,24,26,28-32,39,47,52H,23,25,27H2. The van der Waals surface area contributed by atoms with Gasteiger partial charge in [-0.2, -0.15) is 0 Å². The van der Waals surface area contributed by atoms with Crippen molar-refractivity contribution >= 4 is 66.4 Å². The number of aromatic nitrogens is 1. The number of fused-ring (bicyclic) bond motifs is 11. The van der Waals surface area contributed by atoms with E-state index >= 15 is 0 Å². The first kappa shape index (κ1) is 32.1. The SMILES string of the molecule is C1=CC2c3ccccc3N(c3ccc4oc5ccc(-c6cccc(C7=CCC8OC9=C(C=C(n%10c%11ccccc%11c%11ccccc%11%10)CC9)C8=C7)c6)cc5c4c3)C2C=C1. The smallest absolute Gasteiger partial charge is 0.135 e. The van der Waals surface area contributed by atoms with Crippen molar-refractivity contribution in [1.29, 1.82) is 0 Å². The summed E-state index contributed by atoms with van der Waals surface area (Å²) in [7, 11) is 0. The first-order valence-corrected chi connectivity index (χ1v) is 20.5. The summed E-state index contributed by atoms with van der Waals surface area (Å²) in [5.41, 5.74) is 16.9. The maximum Gasteiger partial charge on any atom is 0.135 e. The molecule has 2 aliphatic heterocycles. The molecule has 4 nitrogen and oxygen atoms in total. The van der Waals surface area contributed by atoms with Crippen molar-refractivity contribution in [3.05, 3.63) is 204 Å². The third-order valence-corrected chi connectivity index (χ3v) is 13.1. The molecule has 3 aliphatic carbocycles. The number of furan rings is 1. The normalized spacial score (nSPS) is 20.6. The lowest BCUT2D eigenvalue weighted by molar-refractivity contribution is 0.160. The van der Waals surface area contributed by atoms with Crippen LogP contribution in [0.5, 0.6) is 0 Å². The van der Waals surface area contributed by atoms with E-state index in [-0.39, 0.29) is 12.1 Å². The van der Waals surface area contributed by atoms with Crippen molar-refractivity contribution in [3.8, 4) is 11.1 Å². The average Bonchev–Trinajstić information content (AvgIpc) is 4.03. The summed E-state index contributed by atoms with van der Waals surface area (Å²) >= 11 is 0. The van der Waals surface area contributed by atoms with Crippen LogP contribution in [0.4, 0.5) is 11.4 Å². The predicted molar refractivity (Wildman–Crippen MR) is 238 cm³/mol. The highest BCUT2D eigenvalue weighted by atomic mass is 16.5. The van der Waals surface area contributed by atoms with Crippen LogP contribution in [0.25, 0.3) is 66.1 Å². The molecule has 5 aliphatic rings. The van der Waals surface area contributed by atoms with Gasteiger partial charge in [-0.15, -0.1) is 0 Å². The first-order chi connectivity index (χ1) is 28.7. The Hall–Kier alpha value is -7.04. The zero-order valence-corrected chi connectivity index (χ0v) is 31.8. The zero-order valence-electron chi connectivity index (χ0n) is 31.8. The Labute approximate surface area is 336 Å². The number of nitrogens with zero attached hydrogens (tertiary/aromatic N) is 2. The van der Waals surface area contributed by atoms with E-state index in [0.29, 0.717) is 5.92 Å². The summed E-state index contributed by atoms with van der Waals surface area (Å²) in [5.74, 6) is 1.48. The summed E-state index contributed by atoms with van der Waals surface area (Å²) in [6.07, 6.45) is 19.0. The first-order valence-electron chi connectivity index (χ1n) is 20.5. The quantitative estimate of drug-likeness (QED) is 0.180. The fourth-order valence-corrected chi connectivity index (χ4v) is 10.5. The molecular weight excluding hydrogens is 709 g/mol. The molecule has 0 N–H and O–H groups in total. The number of rotatable bonds is 4. The molecule has 0 radical (unpaired) electrons. The second-order valence-corrected chi connectivity index (χ2v) is 16.2. The lowest BCUT2D eigenvalue weighted by atomic mass is 9.87. The number of allylic oxidation sites excluding steroid dienone is 7. The van der Waals surface area contributed by atoms with E-state index in [4.69, 9.17) is 9.15 Å². The number of ether oxygens (including phenoxy) is 1. The predicted octanol–water partition coefficient (Wildman–Crippen LogP) is 13.8. The van der Waals surface area contributed by atoms with Gasteiger partial charge in [0.1, 0.15) is 23.0 Å². The van der Waals surface area contributed by atoms with E-state index in [9.17, 15) is 0 Å². The van der Waals surface area contributed by atoms with Crippen LogP contribution in [0.1, 0.15) is 36.3 Å². The van der Waals surface area contributed by atoms with Gasteiger partial charge in [0.15, 0.2) is 0 Å². The molecule has 0 amide bonds. The number of para-hydroxylation sites is 3. The molecular formula is C54H38N2O2. The molecule has 0 saturated heterocycles. The van der Waals surface area contributed by atoms with Crippen LogP contribution in [0.2, 0.25) is 0 Å². The van der Waals surface area contributed by atoms with E-state index in [1.165, 1.54) is 77.9 Å². The van der Waals surface area contributed by atoms with Gasteiger partial charge in [0.25, 0.3) is 0 Å². The van der Waals surface area contributed by atoms with E-state index in [0.717, 1.165) is 47.0 Å². The van der Waals surface area contributed by atoms with Crippen LogP contribution < -0.4 is 4.90 Å². The van der Waals surface area contributed by atoms with Gasteiger partial charge < -0.3 is 18.6 Å². The van der Waals surface area contributed by atoms with Crippen LogP contribution in [0.3, 0.4) is 0 Å². The Morgan fingerprint density at radius 1 is 0.586 bits per heavy atom. The molecule has 0 spiro atoms. The van der Waals surface area contributed by atoms with E-state index in [1.807, 2.05) is 0 Å². The number of anilines is 2. The minimum atomic E-state index is 0.0675. The van der Waals surface area contributed by atoms with Crippen molar-refractivity contribution in [2.75, 3.05) is 4.90 Å². The molecule has 6 aromatic carbocycles. The van der Waals surface area contributed by atoms with Crippen molar-refractivity contribution in [2.24, 2.45) is 0 Å². The van der Waals surface area contributed by atoms with Crippen LogP contribution in [-0.4, -0.2) is 16.7 Å². The molecule has 3 atom stereocenters. The van der Waals surface area contributed by atoms with E-state index < -0.39 is 0 Å². The van der Waals surface area contributed by atoms with E-state index in [1.54, 1.807) is 0 Å². The van der Waals surface area contributed by atoms with Gasteiger partial charge in [0.05, 0.1) is 17.1 Å². The lowest BCUT2D eigenvalue weighted by Gasteiger charge is -2.28. The Morgan fingerprint density at radius 2 is 1.33 bits per heavy atom. The van der Waals surface area contributed by atoms with Gasteiger partial charge >= 0.3 is 0 Å². The van der Waals surface area contributed by atoms with Crippen LogP contribution in [0, 0.1) is 0 Å². The van der Waals surface area contributed by atoms with Crippen molar-refractivity contribution < 1.29 is 9.15 Å². The molecule has 0 fully saturated rings. The molecule has 8 aromatic rings. The Morgan fingerprint density at radius 3 is 2.21 bits per heavy atom. The fraction of sp³-hybridized carbons (Fsp3) is 0.111. The van der Waals surface area contributed by atoms with Gasteiger partial charge in [-0.05, 0) is 101 Å². The number of hydrogen-bond acceptors (Lipinski definition) is 3. The minimum Gasteiger partial charge on any atom is -0.489 e. The largest absolute Gasteiger partial charge is 0.489 e. The summed E-state index contributed by atoms with van der Waals surface area (Å²) in [6, 6.07) is 48.9. The fourth-order valence-electron chi connectivity index (χ4n) is 10.5. The topological polar surface area (TPSA) is 30.5 Å². The highest BCUT2D eigenvalue weighted by Crippen LogP contribution is 2.49. The molecule has 4 heteroatoms. The summed E-state index contributed by atoms with van der Waals surface area (Å²) in [5, 5.41) is 4.87. The summed E-state index contributed by atoms with van der Waals surface area (Å²) < 4.78 is 15.5. The van der Waals surface area contributed by atoms with Gasteiger partial charge in [-0.1, -0.05) is 109 Å². The Kier molecular flexibility index (Phi) is 6.77. The summed E-state index contributed by atoms with van der Waals surface area (Å²) in [4.78, 5) is 2.49. The monoisotopic (exact) mass is 746 g/mol. The van der Waals surface area contributed by atoms with E-state index in [2.05, 4.69) is 185 Å². The molecule has 13 rings (SSSR count). The number of benzene rings is 6. The summed E-state index contributed by atoms with van der Waals surface area (Å²) in [6.45, 7) is 0. The third-order valence-electron chi connectivity index (χ3n) is 13.1. The van der Waals surface area contributed by atoms with Crippen molar-refractivity contribution in [3.63, 3.8) is 0 Å². The van der Waals surface area contributed by atoms with Crippen LogP contribution in [-0.2, 0) is 4.74 Å². The third kappa shape index (κ3) is 4.69. The highest BCUT2D eigenvalue weighted by Gasteiger charge is 2.37. The number of hydrogen-bond donors (Lipinski definition) is 0. The van der Waals surface area contributed by atoms with Gasteiger partial charge in [0, 0.05) is 68.5 Å². The Bertz CT molecular complexity index is 3220. The maximum absolute atomic E-state index is 6.63. The van der Waals surface area contributed by atoms with Crippen molar-refractivity contribution in [2.45, 2.75) is 37.3 Å². The van der Waals surface area contributed by atoms with Gasteiger partial charge in [-0.25, -0.2) is 0 Å². The molecule has 276 valence electrons. The molecule has 4 heterocycles.